The molecule has 0 bridgehead atoms. The topological polar surface area (TPSA) is 91.8 Å². The summed E-state index contributed by atoms with van der Waals surface area (Å²) in [7, 11) is 1.50. The highest BCUT2D eigenvalue weighted by molar-refractivity contribution is 5.77. The smallest absolute Gasteiger partial charge is 0.248 e. The summed E-state index contributed by atoms with van der Waals surface area (Å²) in [6.45, 7) is 4.49. The van der Waals surface area contributed by atoms with Gasteiger partial charge in [0.2, 0.25) is 11.8 Å². The highest BCUT2D eigenvalue weighted by Crippen LogP contribution is 2.21. The van der Waals surface area contributed by atoms with Gasteiger partial charge in [0.1, 0.15) is 30.3 Å². The summed E-state index contributed by atoms with van der Waals surface area (Å²) in [5, 5.41) is 11.6. The molecule has 2 aromatic carbocycles. The van der Waals surface area contributed by atoms with Crippen LogP contribution in [0.4, 0.5) is 0 Å². The fourth-order valence-electron chi connectivity index (χ4n) is 5.12. The van der Waals surface area contributed by atoms with E-state index in [1.807, 2.05) is 59.5 Å². The second-order valence-corrected chi connectivity index (χ2v) is 10.5. The summed E-state index contributed by atoms with van der Waals surface area (Å²) in [4.78, 5) is 30.3. The Labute approximate surface area is 231 Å². The quantitative estimate of drug-likeness (QED) is 0.415. The first-order valence-corrected chi connectivity index (χ1v) is 13.8. The molecule has 0 radical (unpaired) electrons. The first-order chi connectivity index (χ1) is 18.9. The molecule has 0 saturated carbocycles. The zero-order valence-electron chi connectivity index (χ0n) is 22.9. The molecule has 2 aliphatic heterocycles. The van der Waals surface area contributed by atoms with E-state index >= 15 is 0 Å². The standard InChI is InChI=1S/C30H41N3O6/c1-37-21-29(35)33-18-17-31(22-30(36,23-33)24-39-26-8-3-2-4-9-26)20-25-11-13-27(14-12-25)38-19-7-16-32-15-6-5-10-28(32)34/h2-4,8-9,11-14,36H,5-7,10,15-24H2,1H3/t30-/m0/s1. The maximum absolute atomic E-state index is 12.6. The highest BCUT2D eigenvalue weighted by Gasteiger charge is 2.37. The van der Waals surface area contributed by atoms with Gasteiger partial charge in [-0.2, -0.15) is 0 Å². The third-order valence-electron chi connectivity index (χ3n) is 7.15. The van der Waals surface area contributed by atoms with Crippen molar-refractivity contribution >= 4 is 11.8 Å². The van der Waals surface area contributed by atoms with Crippen molar-refractivity contribution in [2.24, 2.45) is 0 Å². The lowest BCUT2D eigenvalue weighted by Crippen LogP contribution is -2.52. The Bertz CT molecular complexity index is 1050. The lowest BCUT2D eigenvalue weighted by molar-refractivity contribution is -0.138. The minimum atomic E-state index is -1.24. The van der Waals surface area contributed by atoms with Crippen molar-refractivity contribution in [3.8, 4) is 11.5 Å². The van der Waals surface area contributed by atoms with Gasteiger partial charge in [-0.1, -0.05) is 30.3 Å². The maximum atomic E-state index is 12.6. The van der Waals surface area contributed by atoms with Crippen LogP contribution in [0.5, 0.6) is 11.5 Å². The molecule has 0 unspecified atom stereocenters. The van der Waals surface area contributed by atoms with Gasteiger partial charge >= 0.3 is 0 Å². The lowest BCUT2D eigenvalue weighted by atomic mass is 10.0. The number of β-amino-alcohol motifs (C(OH)–C–C–N with tert-alkyl or cyclic N) is 1. The molecule has 1 N–H and O–H groups in total. The number of likely N-dealkylation sites (tertiary alicyclic amines) is 1. The number of nitrogens with zero attached hydrogens (tertiary/aromatic N) is 3. The van der Waals surface area contributed by atoms with Gasteiger partial charge in [-0.15, -0.1) is 0 Å². The van der Waals surface area contributed by atoms with Gasteiger partial charge in [-0.3, -0.25) is 14.5 Å². The summed E-state index contributed by atoms with van der Waals surface area (Å²) in [5.41, 5.74) is -0.154. The lowest BCUT2D eigenvalue weighted by Gasteiger charge is -2.33. The molecule has 1 atom stereocenters. The van der Waals surface area contributed by atoms with Crippen LogP contribution in [0.1, 0.15) is 31.2 Å². The van der Waals surface area contributed by atoms with Gasteiger partial charge in [0.25, 0.3) is 0 Å². The molecule has 212 valence electrons. The van der Waals surface area contributed by atoms with Crippen LogP contribution in [0, 0.1) is 0 Å². The average Bonchev–Trinajstić information content (AvgIpc) is 3.11. The van der Waals surface area contributed by atoms with E-state index in [-0.39, 0.29) is 31.6 Å². The van der Waals surface area contributed by atoms with Crippen LogP contribution in [0.15, 0.2) is 54.6 Å². The first-order valence-electron chi connectivity index (χ1n) is 13.8. The molecule has 39 heavy (non-hydrogen) atoms. The Hall–Kier alpha value is -3.14. The van der Waals surface area contributed by atoms with Gasteiger partial charge in [-0.05, 0) is 49.1 Å². The molecule has 4 rings (SSSR count). The van der Waals surface area contributed by atoms with Crippen LogP contribution >= 0.6 is 0 Å². The third kappa shape index (κ3) is 8.95. The van der Waals surface area contributed by atoms with Crippen LogP contribution in [0.2, 0.25) is 0 Å². The number of hydrogen-bond donors (Lipinski definition) is 1. The minimum absolute atomic E-state index is 0.0224. The zero-order valence-corrected chi connectivity index (χ0v) is 22.9. The second kappa shape index (κ2) is 14.3. The number of aliphatic hydroxyl groups is 1. The number of para-hydroxylation sites is 1. The monoisotopic (exact) mass is 539 g/mol. The van der Waals surface area contributed by atoms with Crippen LogP contribution in [-0.2, 0) is 20.9 Å². The van der Waals surface area contributed by atoms with Gasteiger partial charge in [0, 0.05) is 52.8 Å². The summed E-state index contributed by atoms with van der Waals surface area (Å²) in [6.07, 6.45) is 3.56. The molecule has 2 aromatic rings. The summed E-state index contributed by atoms with van der Waals surface area (Å²) < 4.78 is 16.9. The van der Waals surface area contributed by atoms with E-state index in [0.717, 1.165) is 43.7 Å². The number of benzene rings is 2. The molecule has 0 spiro atoms. The first kappa shape index (κ1) is 28.9. The zero-order chi connectivity index (χ0) is 27.5. The van der Waals surface area contributed by atoms with Crippen molar-refractivity contribution in [2.45, 2.75) is 37.8 Å². The molecule has 0 aliphatic carbocycles. The number of carbonyl (C=O) groups excluding carboxylic acids is 2. The summed E-state index contributed by atoms with van der Waals surface area (Å²) in [5.74, 6) is 1.57. The average molecular weight is 540 g/mol. The van der Waals surface area contributed by atoms with Gasteiger partial charge in [0.15, 0.2) is 0 Å². The maximum Gasteiger partial charge on any atom is 0.248 e. The Balaban J connectivity index is 1.31. The van der Waals surface area contributed by atoms with E-state index in [1.165, 1.54) is 7.11 Å². The van der Waals surface area contributed by atoms with Gasteiger partial charge < -0.3 is 29.1 Å². The van der Waals surface area contributed by atoms with Crippen molar-refractivity contribution in [3.63, 3.8) is 0 Å². The number of amides is 2. The van der Waals surface area contributed by atoms with Crippen molar-refractivity contribution in [1.29, 1.82) is 0 Å². The van der Waals surface area contributed by atoms with Crippen LogP contribution in [-0.4, -0.2) is 103 Å². The predicted molar refractivity (Wildman–Crippen MR) is 148 cm³/mol. The van der Waals surface area contributed by atoms with Crippen LogP contribution in [0.25, 0.3) is 0 Å². The minimum Gasteiger partial charge on any atom is -0.494 e. The summed E-state index contributed by atoms with van der Waals surface area (Å²) >= 11 is 0. The van der Waals surface area contributed by atoms with E-state index in [1.54, 1.807) is 4.90 Å². The Morgan fingerprint density at radius 3 is 2.46 bits per heavy atom. The summed E-state index contributed by atoms with van der Waals surface area (Å²) in [6, 6.07) is 17.4. The van der Waals surface area contributed by atoms with E-state index in [4.69, 9.17) is 14.2 Å². The molecule has 9 nitrogen and oxygen atoms in total. The molecule has 2 heterocycles. The molecule has 2 fully saturated rings. The number of methoxy groups -OCH3 is 1. The van der Waals surface area contributed by atoms with Gasteiger partial charge in [-0.25, -0.2) is 0 Å². The number of piperidine rings is 1. The predicted octanol–water partition coefficient (Wildman–Crippen LogP) is 2.57. The molecule has 2 amide bonds. The molecular formula is C30H41N3O6. The number of hydrogen-bond acceptors (Lipinski definition) is 7. The fraction of sp³-hybridized carbons (Fsp3) is 0.533. The second-order valence-electron chi connectivity index (χ2n) is 10.5. The third-order valence-corrected chi connectivity index (χ3v) is 7.15. The SMILES string of the molecule is COCC(=O)N1CCN(Cc2ccc(OCCCN3CCCCC3=O)cc2)C[C@@](O)(COc2ccccc2)C1. The van der Waals surface area contributed by atoms with Crippen LogP contribution < -0.4 is 9.47 Å². The Morgan fingerprint density at radius 1 is 0.949 bits per heavy atom. The van der Waals surface area contributed by atoms with Crippen molar-refractivity contribution in [2.75, 3.05) is 66.2 Å². The Kier molecular flexibility index (Phi) is 10.6. The fourth-order valence-corrected chi connectivity index (χ4v) is 5.12. The Morgan fingerprint density at radius 2 is 1.72 bits per heavy atom. The number of rotatable bonds is 12. The van der Waals surface area contributed by atoms with Crippen molar-refractivity contribution in [3.05, 3.63) is 60.2 Å². The number of ether oxygens (including phenoxy) is 3. The normalized spacial score (nSPS) is 20.5. The number of carbonyl (C=O) groups is 2. The molecule has 2 saturated heterocycles. The van der Waals surface area contributed by atoms with Crippen molar-refractivity contribution in [1.82, 2.24) is 14.7 Å². The van der Waals surface area contributed by atoms with E-state index < -0.39 is 5.60 Å². The molecule has 9 heteroatoms. The van der Waals surface area contributed by atoms with E-state index in [0.29, 0.717) is 45.0 Å². The molecule has 2 aliphatic rings. The largest absolute Gasteiger partial charge is 0.494 e. The highest BCUT2D eigenvalue weighted by atomic mass is 16.5. The molecular weight excluding hydrogens is 498 g/mol. The van der Waals surface area contributed by atoms with Crippen molar-refractivity contribution < 1.29 is 28.9 Å². The van der Waals surface area contributed by atoms with Crippen LogP contribution in [0.3, 0.4) is 0 Å². The van der Waals surface area contributed by atoms with E-state index in [2.05, 4.69) is 4.90 Å². The van der Waals surface area contributed by atoms with Gasteiger partial charge in [0.05, 0.1) is 13.2 Å². The van der Waals surface area contributed by atoms with E-state index in [9.17, 15) is 14.7 Å². The molecule has 0 aromatic heterocycles.